The lowest BCUT2D eigenvalue weighted by molar-refractivity contribution is 0.629. The highest BCUT2D eigenvalue weighted by Gasteiger charge is 2.22. The number of halogens is 2. The minimum absolute atomic E-state index is 0.00684. The summed E-state index contributed by atoms with van der Waals surface area (Å²) in [4.78, 5) is 30.3. The van der Waals surface area contributed by atoms with Gasteiger partial charge in [0.15, 0.2) is 5.82 Å². The summed E-state index contributed by atoms with van der Waals surface area (Å²) in [6.45, 7) is 3.34. The standard InChI is InChI=1S/C21H17ClFN9O/c1-9(28-19-14(7-24)18(26)29-10(2)30-19)20-31-17-13(5-11(23)6-15(17)22)21(33)32(20)12-3-4-16(25)27-8-12/h3-6,8-9H,1-2H3,(H2,25,27)(H3,26,28,29,30)/t9-/m0/s1. The van der Waals surface area contributed by atoms with Crippen molar-refractivity contribution in [3.8, 4) is 11.8 Å². The van der Waals surface area contributed by atoms with Gasteiger partial charge < -0.3 is 16.8 Å². The molecule has 4 rings (SSSR count). The van der Waals surface area contributed by atoms with Gasteiger partial charge in [-0.15, -0.1) is 0 Å². The maximum atomic E-state index is 14.0. The van der Waals surface area contributed by atoms with E-state index in [1.54, 1.807) is 19.9 Å². The van der Waals surface area contributed by atoms with E-state index in [9.17, 15) is 14.4 Å². The Balaban J connectivity index is 1.96. The number of nitrogens with one attached hydrogen (secondary N) is 1. The topological polar surface area (TPSA) is 161 Å². The Morgan fingerprint density at radius 3 is 2.67 bits per heavy atom. The highest BCUT2D eigenvalue weighted by Crippen LogP contribution is 2.27. The molecule has 0 saturated carbocycles. The van der Waals surface area contributed by atoms with Crippen LogP contribution in [0.5, 0.6) is 0 Å². The van der Waals surface area contributed by atoms with Gasteiger partial charge in [-0.1, -0.05) is 11.6 Å². The van der Waals surface area contributed by atoms with Crippen molar-refractivity contribution >= 4 is 40.0 Å². The van der Waals surface area contributed by atoms with Gasteiger partial charge in [-0.2, -0.15) is 5.26 Å². The largest absolute Gasteiger partial charge is 0.384 e. The maximum Gasteiger partial charge on any atom is 0.266 e. The minimum atomic E-state index is -0.679. The summed E-state index contributed by atoms with van der Waals surface area (Å²) in [6.07, 6.45) is 1.40. The van der Waals surface area contributed by atoms with E-state index in [2.05, 4.69) is 25.3 Å². The number of nitrogens with zero attached hydrogens (tertiary/aromatic N) is 6. The number of nitrogens with two attached hydrogens (primary N) is 2. The molecule has 0 aliphatic rings. The highest BCUT2D eigenvalue weighted by atomic mass is 35.5. The molecule has 0 aliphatic heterocycles. The quantitative estimate of drug-likeness (QED) is 0.411. The third-order valence-electron chi connectivity index (χ3n) is 4.85. The number of anilines is 3. The summed E-state index contributed by atoms with van der Waals surface area (Å²) in [6, 6.07) is 6.55. The molecule has 0 amide bonds. The molecule has 0 aliphatic carbocycles. The molecule has 3 aromatic heterocycles. The second kappa shape index (κ2) is 8.33. The van der Waals surface area contributed by atoms with Crippen LogP contribution in [0, 0.1) is 24.1 Å². The molecule has 3 heterocycles. The van der Waals surface area contributed by atoms with Crippen molar-refractivity contribution in [3.05, 3.63) is 68.9 Å². The first-order chi connectivity index (χ1) is 15.7. The van der Waals surface area contributed by atoms with Gasteiger partial charge in [-0.3, -0.25) is 9.36 Å². The SMILES string of the molecule is Cc1nc(N)c(C#N)c(N[C@@H](C)c2nc3c(Cl)cc(F)cc3c(=O)n2-c2ccc(N)nc2)n1. The summed E-state index contributed by atoms with van der Waals surface area (Å²) in [5.41, 5.74) is 11.5. The van der Waals surface area contributed by atoms with Crippen molar-refractivity contribution in [1.82, 2.24) is 24.5 Å². The minimum Gasteiger partial charge on any atom is -0.384 e. The Bertz CT molecular complexity index is 1500. The van der Waals surface area contributed by atoms with Crippen LogP contribution in [0.4, 0.5) is 21.8 Å². The molecule has 0 fully saturated rings. The van der Waals surface area contributed by atoms with Crippen molar-refractivity contribution in [2.75, 3.05) is 16.8 Å². The number of aromatic nitrogens is 5. The predicted molar refractivity (Wildman–Crippen MR) is 122 cm³/mol. The number of hydrogen-bond donors (Lipinski definition) is 3. The molecule has 0 spiro atoms. The lowest BCUT2D eigenvalue weighted by Crippen LogP contribution is -2.28. The van der Waals surface area contributed by atoms with Crippen molar-refractivity contribution in [2.45, 2.75) is 19.9 Å². The summed E-state index contributed by atoms with van der Waals surface area (Å²) in [7, 11) is 0. The molecule has 10 nitrogen and oxygen atoms in total. The number of pyridine rings is 1. The van der Waals surface area contributed by atoms with Crippen molar-refractivity contribution in [1.29, 1.82) is 5.26 Å². The molecule has 166 valence electrons. The lowest BCUT2D eigenvalue weighted by atomic mass is 10.2. The number of fused-ring (bicyclic) bond motifs is 1. The van der Waals surface area contributed by atoms with E-state index in [-0.39, 0.29) is 44.8 Å². The van der Waals surface area contributed by atoms with Gasteiger partial charge in [-0.05, 0) is 38.1 Å². The van der Waals surface area contributed by atoms with E-state index in [0.717, 1.165) is 12.1 Å². The second-order valence-electron chi connectivity index (χ2n) is 7.19. The zero-order chi connectivity index (χ0) is 23.9. The van der Waals surface area contributed by atoms with E-state index in [1.165, 1.54) is 16.8 Å². The van der Waals surface area contributed by atoms with Crippen molar-refractivity contribution < 1.29 is 4.39 Å². The summed E-state index contributed by atoms with van der Waals surface area (Å²) < 4.78 is 15.3. The smallest absolute Gasteiger partial charge is 0.266 e. The van der Waals surface area contributed by atoms with Crippen LogP contribution in [-0.4, -0.2) is 24.5 Å². The molecule has 12 heteroatoms. The zero-order valence-electron chi connectivity index (χ0n) is 17.5. The van der Waals surface area contributed by atoms with Crippen LogP contribution in [0.3, 0.4) is 0 Å². The van der Waals surface area contributed by atoms with Gasteiger partial charge in [0.25, 0.3) is 5.56 Å². The molecular weight excluding hydrogens is 449 g/mol. The van der Waals surface area contributed by atoms with Crippen molar-refractivity contribution in [2.24, 2.45) is 0 Å². The van der Waals surface area contributed by atoms with E-state index in [0.29, 0.717) is 11.5 Å². The number of nitrogen functional groups attached to an aromatic ring is 2. The van der Waals surface area contributed by atoms with Crippen LogP contribution in [0.25, 0.3) is 16.6 Å². The fourth-order valence-electron chi connectivity index (χ4n) is 3.38. The summed E-state index contributed by atoms with van der Waals surface area (Å²) in [5, 5.41) is 12.5. The van der Waals surface area contributed by atoms with Crippen LogP contribution < -0.4 is 22.3 Å². The first-order valence-electron chi connectivity index (χ1n) is 9.64. The summed E-state index contributed by atoms with van der Waals surface area (Å²) >= 11 is 6.20. The average molecular weight is 466 g/mol. The third kappa shape index (κ3) is 3.99. The molecule has 4 aromatic rings. The monoisotopic (exact) mass is 465 g/mol. The Hall–Kier alpha value is -4.30. The Morgan fingerprint density at radius 1 is 1.24 bits per heavy atom. The van der Waals surface area contributed by atoms with Gasteiger partial charge in [0, 0.05) is 0 Å². The van der Waals surface area contributed by atoms with Gasteiger partial charge >= 0.3 is 0 Å². The molecule has 0 unspecified atom stereocenters. The molecule has 1 atom stereocenters. The first-order valence-corrected chi connectivity index (χ1v) is 10.0. The molecule has 1 aromatic carbocycles. The second-order valence-corrected chi connectivity index (χ2v) is 7.60. The van der Waals surface area contributed by atoms with Crippen LogP contribution in [0.2, 0.25) is 5.02 Å². The molecule has 0 bridgehead atoms. The molecule has 0 radical (unpaired) electrons. The predicted octanol–water partition coefficient (Wildman–Crippen LogP) is 2.88. The summed E-state index contributed by atoms with van der Waals surface area (Å²) in [5.74, 6) is 0.352. The van der Waals surface area contributed by atoms with E-state index >= 15 is 0 Å². The number of hydrogen-bond acceptors (Lipinski definition) is 9. The van der Waals surface area contributed by atoms with Crippen LogP contribution in [0.1, 0.15) is 30.2 Å². The van der Waals surface area contributed by atoms with Crippen LogP contribution in [0.15, 0.2) is 35.3 Å². The first kappa shape index (κ1) is 21.9. The van der Waals surface area contributed by atoms with Crippen molar-refractivity contribution in [3.63, 3.8) is 0 Å². The number of rotatable bonds is 4. The number of aryl methyl sites for hydroxylation is 1. The molecule has 0 saturated heterocycles. The van der Waals surface area contributed by atoms with Gasteiger partial charge in [0.2, 0.25) is 0 Å². The van der Waals surface area contributed by atoms with Crippen LogP contribution in [-0.2, 0) is 0 Å². The lowest BCUT2D eigenvalue weighted by Gasteiger charge is -2.21. The van der Waals surface area contributed by atoms with Gasteiger partial charge in [0.05, 0.1) is 33.9 Å². The zero-order valence-corrected chi connectivity index (χ0v) is 18.2. The van der Waals surface area contributed by atoms with E-state index in [4.69, 9.17) is 23.1 Å². The fraction of sp³-hybridized carbons (Fsp3) is 0.143. The third-order valence-corrected chi connectivity index (χ3v) is 5.14. The Morgan fingerprint density at radius 2 is 2.00 bits per heavy atom. The fourth-order valence-corrected chi connectivity index (χ4v) is 3.63. The number of nitriles is 1. The number of benzene rings is 1. The van der Waals surface area contributed by atoms with Crippen LogP contribution >= 0.6 is 11.6 Å². The normalized spacial score (nSPS) is 11.8. The van der Waals surface area contributed by atoms with E-state index < -0.39 is 17.4 Å². The van der Waals surface area contributed by atoms with Gasteiger partial charge in [0.1, 0.15) is 40.7 Å². The highest BCUT2D eigenvalue weighted by molar-refractivity contribution is 6.35. The average Bonchev–Trinajstić information content (AvgIpc) is 2.74. The van der Waals surface area contributed by atoms with E-state index in [1.807, 2.05) is 6.07 Å². The Kier molecular flexibility index (Phi) is 5.53. The Labute approximate surface area is 191 Å². The molecule has 5 N–H and O–H groups in total. The molecule has 33 heavy (non-hydrogen) atoms. The van der Waals surface area contributed by atoms with Gasteiger partial charge in [-0.25, -0.2) is 24.3 Å². The maximum absolute atomic E-state index is 14.0. The molecular formula is C21H17ClFN9O.